The van der Waals surface area contributed by atoms with Gasteiger partial charge in [0.15, 0.2) is 0 Å². The molecule has 3 nitrogen and oxygen atoms in total. The van der Waals surface area contributed by atoms with Gasteiger partial charge in [0.1, 0.15) is 0 Å². The molecule has 0 saturated carbocycles. The van der Waals surface area contributed by atoms with Gasteiger partial charge in [-0.15, -0.1) is 16.7 Å². The number of aryl methyl sites for hydroxylation is 1. The maximum Gasteiger partial charge on any atom is 0.0793 e. The minimum Gasteiger partial charge on any atom is -0.216 e. The third kappa shape index (κ3) is 1.98. The second-order valence-electron chi connectivity index (χ2n) is 3.20. The molecule has 0 amide bonds. The van der Waals surface area contributed by atoms with Crippen LogP contribution in [0.2, 0.25) is 5.02 Å². The van der Waals surface area contributed by atoms with E-state index in [0.717, 1.165) is 16.9 Å². The van der Waals surface area contributed by atoms with E-state index < -0.39 is 0 Å². The molecule has 0 aliphatic rings. The summed E-state index contributed by atoms with van der Waals surface area (Å²) < 4.78 is 1.70. The fraction of sp³-hybridized carbons (Fsp3) is 0.200. The Hall–Kier alpha value is -1.06. The quantitative estimate of drug-likeness (QED) is 0.758. The van der Waals surface area contributed by atoms with Gasteiger partial charge < -0.3 is 0 Å². The second kappa shape index (κ2) is 4.21. The Kier molecular flexibility index (Phi) is 2.93. The summed E-state index contributed by atoms with van der Waals surface area (Å²) in [6.45, 7) is 1.99. The van der Waals surface area contributed by atoms with Crippen molar-refractivity contribution in [3.05, 3.63) is 40.7 Å². The van der Waals surface area contributed by atoms with Crippen LogP contribution in [0.4, 0.5) is 0 Å². The van der Waals surface area contributed by atoms with E-state index in [1.54, 1.807) is 10.9 Å². The molecule has 0 bridgehead atoms. The molecule has 0 aliphatic heterocycles. The Morgan fingerprint density at radius 2 is 2.20 bits per heavy atom. The second-order valence-corrected chi connectivity index (χ2v) is 3.91. The van der Waals surface area contributed by atoms with Crippen LogP contribution in [0.5, 0.6) is 0 Å². The summed E-state index contributed by atoms with van der Waals surface area (Å²) in [5.41, 5.74) is 2.84. The molecule has 0 atom stereocenters. The Balaban J connectivity index is 2.58. The highest BCUT2D eigenvalue weighted by atomic mass is 35.5. The Bertz CT molecular complexity index is 479. The van der Waals surface area contributed by atoms with Crippen molar-refractivity contribution in [2.24, 2.45) is 0 Å². The highest BCUT2D eigenvalue weighted by molar-refractivity contribution is 6.30. The summed E-state index contributed by atoms with van der Waals surface area (Å²) >= 11 is 11.7. The lowest BCUT2D eigenvalue weighted by molar-refractivity contribution is 0.777. The summed E-state index contributed by atoms with van der Waals surface area (Å²) in [7, 11) is 0. The van der Waals surface area contributed by atoms with Crippen LogP contribution in [-0.2, 0) is 5.88 Å². The van der Waals surface area contributed by atoms with Crippen LogP contribution in [0.15, 0.2) is 24.4 Å². The molecular formula is C10H9Cl2N3. The van der Waals surface area contributed by atoms with Crippen LogP contribution >= 0.6 is 23.2 Å². The molecule has 0 radical (unpaired) electrons. The predicted octanol–water partition coefficient (Wildman–Crippen LogP) is 2.97. The molecular weight excluding hydrogens is 233 g/mol. The van der Waals surface area contributed by atoms with Crippen molar-refractivity contribution in [1.82, 2.24) is 15.0 Å². The number of nitrogens with zero attached hydrogens (tertiary/aromatic N) is 3. The fourth-order valence-corrected chi connectivity index (χ4v) is 1.71. The largest absolute Gasteiger partial charge is 0.216 e. The molecule has 1 aromatic carbocycles. The van der Waals surface area contributed by atoms with E-state index in [1.807, 2.05) is 25.1 Å². The molecule has 0 fully saturated rings. The summed E-state index contributed by atoms with van der Waals surface area (Å²) in [6, 6.07) is 5.64. The van der Waals surface area contributed by atoms with Crippen LogP contribution in [0.1, 0.15) is 11.3 Å². The zero-order valence-electron chi connectivity index (χ0n) is 8.11. The number of hydrogen-bond acceptors (Lipinski definition) is 2. The van der Waals surface area contributed by atoms with Crippen LogP contribution in [0.3, 0.4) is 0 Å². The van der Waals surface area contributed by atoms with Crippen molar-refractivity contribution in [1.29, 1.82) is 0 Å². The highest BCUT2D eigenvalue weighted by Gasteiger charge is 2.07. The Morgan fingerprint density at radius 3 is 2.93 bits per heavy atom. The maximum atomic E-state index is 5.93. The van der Waals surface area contributed by atoms with Crippen LogP contribution in [-0.4, -0.2) is 15.0 Å². The topological polar surface area (TPSA) is 30.7 Å². The van der Waals surface area contributed by atoms with Crippen molar-refractivity contribution in [2.75, 3.05) is 0 Å². The predicted molar refractivity (Wildman–Crippen MR) is 60.7 cm³/mol. The first-order valence-electron chi connectivity index (χ1n) is 4.44. The molecule has 0 N–H and O–H groups in total. The summed E-state index contributed by atoms with van der Waals surface area (Å²) in [5, 5.41) is 8.48. The first-order valence-corrected chi connectivity index (χ1v) is 5.35. The molecule has 1 aromatic heterocycles. The van der Waals surface area contributed by atoms with Gasteiger partial charge in [0.05, 0.1) is 23.5 Å². The van der Waals surface area contributed by atoms with Crippen LogP contribution in [0.25, 0.3) is 5.69 Å². The Morgan fingerprint density at radius 1 is 1.40 bits per heavy atom. The van der Waals surface area contributed by atoms with Gasteiger partial charge in [-0.05, 0) is 24.6 Å². The standard InChI is InChI=1S/C10H9Cl2N3/c1-7-2-3-8(12)4-10(7)15-9(5-11)6-13-14-15/h2-4,6H,5H2,1H3. The lowest BCUT2D eigenvalue weighted by Gasteiger charge is -2.07. The summed E-state index contributed by atoms with van der Waals surface area (Å²) in [4.78, 5) is 0. The Labute approximate surface area is 97.6 Å². The van der Waals surface area contributed by atoms with Crippen molar-refractivity contribution >= 4 is 23.2 Å². The summed E-state index contributed by atoms with van der Waals surface area (Å²) in [6.07, 6.45) is 1.65. The van der Waals surface area contributed by atoms with E-state index in [2.05, 4.69) is 10.3 Å². The maximum absolute atomic E-state index is 5.93. The van der Waals surface area contributed by atoms with Gasteiger partial charge in [0, 0.05) is 5.02 Å². The van der Waals surface area contributed by atoms with E-state index >= 15 is 0 Å². The van der Waals surface area contributed by atoms with Gasteiger partial charge in [-0.3, -0.25) is 0 Å². The average Bonchev–Trinajstić information content (AvgIpc) is 2.69. The SMILES string of the molecule is Cc1ccc(Cl)cc1-n1nncc1CCl. The molecule has 0 spiro atoms. The first-order chi connectivity index (χ1) is 7.22. The van der Waals surface area contributed by atoms with E-state index in [4.69, 9.17) is 23.2 Å². The van der Waals surface area contributed by atoms with Crippen molar-refractivity contribution in [2.45, 2.75) is 12.8 Å². The smallest absolute Gasteiger partial charge is 0.0793 e. The molecule has 0 aliphatic carbocycles. The van der Waals surface area contributed by atoms with Gasteiger partial charge in [0.2, 0.25) is 0 Å². The van der Waals surface area contributed by atoms with E-state index in [1.165, 1.54) is 0 Å². The normalized spacial score (nSPS) is 10.6. The van der Waals surface area contributed by atoms with Gasteiger partial charge in [-0.25, -0.2) is 4.68 Å². The van der Waals surface area contributed by atoms with E-state index in [9.17, 15) is 0 Å². The number of hydrogen-bond donors (Lipinski definition) is 0. The van der Waals surface area contributed by atoms with Gasteiger partial charge in [0.25, 0.3) is 0 Å². The van der Waals surface area contributed by atoms with Crippen molar-refractivity contribution < 1.29 is 0 Å². The zero-order chi connectivity index (χ0) is 10.8. The number of alkyl halides is 1. The molecule has 1 heterocycles. The highest BCUT2D eigenvalue weighted by Crippen LogP contribution is 2.20. The zero-order valence-corrected chi connectivity index (χ0v) is 9.63. The third-order valence-corrected chi connectivity index (χ3v) is 2.67. The molecule has 78 valence electrons. The van der Waals surface area contributed by atoms with Gasteiger partial charge >= 0.3 is 0 Å². The average molecular weight is 242 g/mol. The first kappa shape index (κ1) is 10.5. The molecule has 2 aromatic rings. The number of halogens is 2. The minimum absolute atomic E-state index is 0.374. The number of rotatable bonds is 2. The molecule has 5 heteroatoms. The summed E-state index contributed by atoms with van der Waals surface area (Å²) in [5.74, 6) is 0.374. The van der Waals surface area contributed by atoms with Crippen molar-refractivity contribution in [3.63, 3.8) is 0 Å². The van der Waals surface area contributed by atoms with E-state index in [-0.39, 0.29) is 0 Å². The fourth-order valence-electron chi connectivity index (χ4n) is 1.36. The van der Waals surface area contributed by atoms with Gasteiger partial charge in [-0.2, -0.15) is 0 Å². The molecule has 0 saturated heterocycles. The minimum atomic E-state index is 0.374. The number of aromatic nitrogens is 3. The van der Waals surface area contributed by atoms with E-state index in [0.29, 0.717) is 10.9 Å². The molecule has 15 heavy (non-hydrogen) atoms. The monoisotopic (exact) mass is 241 g/mol. The number of benzene rings is 1. The third-order valence-electron chi connectivity index (χ3n) is 2.16. The lowest BCUT2D eigenvalue weighted by Crippen LogP contribution is -2.02. The van der Waals surface area contributed by atoms with Crippen LogP contribution in [0, 0.1) is 6.92 Å². The van der Waals surface area contributed by atoms with Crippen molar-refractivity contribution in [3.8, 4) is 5.69 Å². The van der Waals surface area contributed by atoms with Gasteiger partial charge in [-0.1, -0.05) is 22.9 Å². The molecule has 2 rings (SSSR count). The molecule has 0 unspecified atom stereocenters. The van der Waals surface area contributed by atoms with Crippen LogP contribution < -0.4 is 0 Å². The lowest BCUT2D eigenvalue weighted by atomic mass is 10.2.